The molecule has 1 aromatic carbocycles. The zero-order chi connectivity index (χ0) is 21.0. The Morgan fingerprint density at radius 3 is 2.67 bits per heavy atom. The zero-order valence-corrected chi connectivity index (χ0v) is 17.1. The van der Waals surface area contributed by atoms with E-state index in [0.717, 1.165) is 19.3 Å². The van der Waals surface area contributed by atoms with Gasteiger partial charge in [-0.25, -0.2) is 8.42 Å². The molecule has 8 nitrogen and oxygen atoms in total. The molecule has 1 fully saturated rings. The van der Waals surface area contributed by atoms with Crippen molar-refractivity contribution >= 4 is 15.9 Å². The summed E-state index contributed by atoms with van der Waals surface area (Å²) >= 11 is 0. The maximum atomic E-state index is 13.1. The Morgan fingerprint density at radius 1 is 1.10 bits per heavy atom. The monoisotopic (exact) mass is 426 g/mol. The Hall–Kier alpha value is -3.04. The van der Waals surface area contributed by atoms with Gasteiger partial charge < -0.3 is 9.84 Å². The molecular weight excluding hydrogens is 404 g/mol. The van der Waals surface area contributed by atoms with Crippen molar-refractivity contribution in [1.29, 1.82) is 0 Å². The maximum Gasteiger partial charge on any atom is 0.273 e. The Bertz CT molecular complexity index is 1120. The highest BCUT2D eigenvalue weighted by atomic mass is 32.2. The molecule has 30 heavy (non-hydrogen) atoms. The van der Waals surface area contributed by atoms with Crippen LogP contribution < -0.4 is 5.32 Å². The molecule has 0 saturated carbocycles. The average Bonchev–Trinajstić information content (AvgIpc) is 3.29. The van der Waals surface area contributed by atoms with Crippen LogP contribution in [0, 0.1) is 0 Å². The van der Waals surface area contributed by atoms with Crippen LogP contribution in [-0.2, 0) is 16.6 Å². The highest BCUT2D eigenvalue weighted by Gasteiger charge is 2.28. The molecule has 0 bridgehead atoms. The molecule has 0 unspecified atom stereocenters. The van der Waals surface area contributed by atoms with Crippen molar-refractivity contribution in [2.24, 2.45) is 0 Å². The minimum absolute atomic E-state index is 0.0666. The SMILES string of the molecule is O=C(NCc1ccccc1S(=O)(=O)N1CCCCC1)c1cc(-c2cccnc2)on1. The minimum atomic E-state index is -3.60. The number of aromatic nitrogens is 2. The molecule has 0 atom stereocenters. The van der Waals surface area contributed by atoms with Gasteiger partial charge in [-0.1, -0.05) is 29.8 Å². The van der Waals surface area contributed by atoms with Crippen LogP contribution >= 0.6 is 0 Å². The Balaban J connectivity index is 1.48. The van der Waals surface area contributed by atoms with E-state index in [4.69, 9.17) is 4.52 Å². The highest BCUT2D eigenvalue weighted by molar-refractivity contribution is 7.89. The number of amides is 1. The van der Waals surface area contributed by atoms with Gasteiger partial charge in [0.25, 0.3) is 5.91 Å². The highest BCUT2D eigenvalue weighted by Crippen LogP contribution is 2.24. The number of piperidine rings is 1. The fourth-order valence-corrected chi connectivity index (χ4v) is 5.18. The first-order valence-electron chi connectivity index (χ1n) is 9.79. The van der Waals surface area contributed by atoms with Gasteiger partial charge in [0, 0.05) is 43.7 Å². The molecule has 3 heterocycles. The number of sulfonamides is 1. The van der Waals surface area contributed by atoms with Crippen molar-refractivity contribution in [3.8, 4) is 11.3 Å². The second-order valence-electron chi connectivity index (χ2n) is 7.07. The summed E-state index contributed by atoms with van der Waals surface area (Å²) in [5.74, 6) is -0.0135. The van der Waals surface area contributed by atoms with Crippen LogP contribution in [0.3, 0.4) is 0 Å². The van der Waals surface area contributed by atoms with Crippen LogP contribution in [0.1, 0.15) is 35.3 Å². The van der Waals surface area contributed by atoms with Crippen molar-refractivity contribution in [3.63, 3.8) is 0 Å². The lowest BCUT2D eigenvalue weighted by atomic mass is 10.2. The number of carbonyl (C=O) groups excluding carboxylic acids is 1. The molecular formula is C21H22N4O4S. The van der Waals surface area contributed by atoms with Crippen molar-refractivity contribution in [2.75, 3.05) is 13.1 Å². The summed E-state index contributed by atoms with van der Waals surface area (Å²) < 4.78 is 32.9. The second-order valence-corrected chi connectivity index (χ2v) is 8.98. The average molecular weight is 426 g/mol. The van der Waals surface area contributed by atoms with Gasteiger partial charge in [-0.2, -0.15) is 4.31 Å². The maximum absolute atomic E-state index is 13.1. The third-order valence-electron chi connectivity index (χ3n) is 5.03. The summed E-state index contributed by atoms with van der Waals surface area (Å²) in [5.41, 5.74) is 1.36. The van der Waals surface area contributed by atoms with Crippen molar-refractivity contribution < 1.29 is 17.7 Å². The number of carbonyl (C=O) groups is 1. The Kier molecular flexibility index (Phi) is 5.91. The first-order valence-corrected chi connectivity index (χ1v) is 11.2. The third-order valence-corrected chi connectivity index (χ3v) is 7.03. The predicted molar refractivity (Wildman–Crippen MR) is 110 cm³/mol. The second kappa shape index (κ2) is 8.76. The summed E-state index contributed by atoms with van der Waals surface area (Å²) in [4.78, 5) is 16.8. The number of rotatable bonds is 6. The van der Waals surface area contributed by atoms with Crippen molar-refractivity contribution in [3.05, 3.63) is 66.1 Å². The van der Waals surface area contributed by atoms with E-state index in [0.29, 0.717) is 30.0 Å². The van der Waals surface area contributed by atoms with Gasteiger partial charge in [-0.15, -0.1) is 0 Å². The van der Waals surface area contributed by atoms with E-state index in [2.05, 4.69) is 15.5 Å². The topological polar surface area (TPSA) is 105 Å². The lowest BCUT2D eigenvalue weighted by Crippen LogP contribution is -2.36. The van der Waals surface area contributed by atoms with E-state index in [1.54, 1.807) is 48.8 Å². The van der Waals surface area contributed by atoms with Crippen LogP contribution in [0.4, 0.5) is 0 Å². The lowest BCUT2D eigenvalue weighted by molar-refractivity contribution is 0.0941. The molecule has 1 N–H and O–H groups in total. The number of nitrogens with zero attached hydrogens (tertiary/aromatic N) is 3. The molecule has 0 radical (unpaired) electrons. The Labute approximate surface area is 175 Å². The summed E-state index contributed by atoms with van der Waals surface area (Å²) in [6.07, 6.45) is 6.03. The third kappa shape index (κ3) is 4.27. The number of hydrogen-bond acceptors (Lipinski definition) is 6. The van der Waals surface area contributed by atoms with Gasteiger partial charge in [0.15, 0.2) is 11.5 Å². The molecule has 3 aromatic rings. The number of nitrogens with one attached hydrogen (secondary N) is 1. The quantitative estimate of drug-likeness (QED) is 0.650. The molecule has 1 aliphatic rings. The molecule has 1 amide bonds. The van der Waals surface area contributed by atoms with Gasteiger partial charge in [0.1, 0.15) is 0 Å². The van der Waals surface area contributed by atoms with Crippen LogP contribution in [-0.4, -0.2) is 41.9 Å². The zero-order valence-electron chi connectivity index (χ0n) is 16.3. The molecule has 1 aliphatic heterocycles. The first-order chi connectivity index (χ1) is 14.6. The van der Waals surface area contributed by atoms with E-state index >= 15 is 0 Å². The van der Waals surface area contributed by atoms with Crippen molar-refractivity contribution in [1.82, 2.24) is 19.8 Å². The molecule has 1 saturated heterocycles. The van der Waals surface area contributed by atoms with Crippen LogP contribution in [0.15, 0.2) is 64.3 Å². The van der Waals surface area contributed by atoms with Gasteiger partial charge in [-0.05, 0) is 36.6 Å². The van der Waals surface area contributed by atoms with Crippen LogP contribution in [0.2, 0.25) is 0 Å². The van der Waals surface area contributed by atoms with Gasteiger partial charge in [0.05, 0.1) is 4.90 Å². The molecule has 4 rings (SSSR count). The number of benzene rings is 1. The minimum Gasteiger partial charge on any atom is -0.355 e. The van der Waals surface area contributed by atoms with Gasteiger partial charge >= 0.3 is 0 Å². The summed E-state index contributed by atoms with van der Waals surface area (Å²) in [5, 5.41) is 6.54. The van der Waals surface area contributed by atoms with E-state index < -0.39 is 15.9 Å². The molecule has 2 aromatic heterocycles. The molecule has 0 aliphatic carbocycles. The fourth-order valence-electron chi connectivity index (χ4n) is 3.44. The molecule has 0 spiro atoms. The smallest absolute Gasteiger partial charge is 0.273 e. The van der Waals surface area contributed by atoms with Crippen molar-refractivity contribution in [2.45, 2.75) is 30.7 Å². The normalized spacial score (nSPS) is 15.1. The largest absolute Gasteiger partial charge is 0.355 e. The van der Waals surface area contributed by atoms with Gasteiger partial charge in [-0.3, -0.25) is 9.78 Å². The fraction of sp³-hybridized carbons (Fsp3) is 0.286. The molecule has 156 valence electrons. The van der Waals surface area contributed by atoms with E-state index in [9.17, 15) is 13.2 Å². The standard InChI is InChI=1S/C21H22N4O4S/c26-21(18-13-19(29-24-18)16-8-6-10-22-14-16)23-15-17-7-2-3-9-20(17)30(27,28)25-11-4-1-5-12-25/h2-3,6-10,13-14H,1,4-5,11-12,15H2,(H,23,26). The number of hydrogen-bond donors (Lipinski definition) is 1. The molecule has 9 heteroatoms. The summed E-state index contributed by atoms with van der Waals surface area (Å²) in [6.45, 7) is 1.12. The lowest BCUT2D eigenvalue weighted by Gasteiger charge is -2.26. The van der Waals surface area contributed by atoms with E-state index in [1.807, 2.05) is 0 Å². The van der Waals surface area contributed by atoms with Crippen LogP contribution in [0.5, 0.6) is 0 Å². The summed E-state index contributed by atoms with van der Waals surface area (Å²) in [6, 6.07) is 11.8. The summed E-state index contributed by atoms with van der Waals surface area (Å²) in [7, 11) is -3.60. The Morgan fingerprint density at radius 2 is 1.90 bits per heavy atom. The van der Waals surface area contributed by atoms with E-state index in [-0.39, 0.29) is 17.1 Å². The number of pyridine rings is 1. The first kappa shape index (κ1) is 20.2. The predicted octanol–water partition coefficient (Wildman–Crippen LogP) is 2.84. The van der Waals surface area contributed by atoms with Gasteiger partial charge in [0.2, 0.25) is 10.0 Å². The van der Waals surface area contributed by atoms with E-state index in [1.165, 1.54) is 10.4 Å². The van der Waals surface area contributed by atoms with Crippen LogP contribution in [0.25, 0.3) is 11.3 Å².